The van der Waals surface area contributed by atoms with Gasteiger partial charge in [-0.05, 0) is 12.8 Å². The number of rotatable bonds is 2. The molecular formula is C8H14O. The normalized spacial score (nSPS) is 33.6. The second-order valence-electron chi connectivity index (χ2n) is 2.41. The molecule has 0 aromatic carbocycles. The molecule has 0 saturated carbocycles. The Morgan fingerprint density at radius 3 is 1.78 bits per heavy atom. The van der Waals surface area contributed by atoms with Crippen LogP contribution in [0.1, 0.15) is 26.7 Å². The molecule has 0 fully saturated rings. The Hall–Kier alpha value is -0.300. The van der Waals surface area contributed by atoms with Gasteiger partial charge in [0.25, 0.3) is 0 Å². The maximum absolute atomic E-state index is 5.55. The van der Waals surface area contributed by atoms with E-state index in [0.717, 1.165) is 12.8 Å². The SMILES string of the molecule is CC[C@H]1C=C[C@@H](CC)O1. The van der Waals surface area contributed by atoms with E-state index >= 15 is 0 Å². The Morgan fingerprint density at radius 2 is 1.56 bits per heavy atom. The molecule has 1 heteroatoms. The zero-order valence-electron chi connectivity index (χ0n) is 6.13. The highest BCUT2D eigenvalue weighted by Gasteiger charge is 2.14. The van der Waals surface area contributed by atoms with E-state index < -0.39 is 0 Å². The van der Waals surface area contributed by atoms with E-state index in [0.29, 0.717) is 12.2 Å². The van der Waals surface area contributed by atoms with Crippen molar-refractivity contribution in [3.8, 4) is 0 Å². The lowest BCUT2D eigenvalue weighted by Crippen LogP contribution is -2.09. The summed E-state index contributed by atoms with van der Waals surface area (Å²) in [6.45, 7) is 4.29. The van der Waals surface area contributed by atoms with Crippen molar-refractivity contribution in [2.75, 3.05) is 0 Å². The molecule has 0 saturated heterocycles. The predicted molar refractivity (Wildman–Crippen MR) is 38.4 cm³/mol. The van der Waals surface area contributed by atoms with Crippen molar-refractivity contribution in [2.24, 2.45) is 0 Å². The molecule has 2 atom stereocenters. The highest BCUT2D eigenvalue weighted by atomic mass is 16.5. The first-order valence-corrected chi connectivity index (χ1v) is 3.70. The molecule has 0 bridgehead atoms. The first-order valence-electron chi connectivity index (χ1n) is 3.70. The predicted octanol–water partition coefficient (Wildman–Crippen LogP) is 2.13. The summed E-state index contributed by atoms with van der Waals surface area (Å²) in [6, 6.07) is 0. The van der Waals surface area contributed by atoms with E-state index in [4.69, 9.17) is 4.74 Å². The summed E-state index contributed by atoms with van der Waals surface area (Å²) < 4.78 is 5.55. The Labute approximate surface area is 56.7 Å². The van der Waals surface area contributed by atoms with Gasteiger partial charge < -0.3 is 4.74 Å². The summed E-state index contributed by atoms with van der Waals surface area (Å²) in [6.07, 6.45) is 7.33. The average Bonchev–Trinajstić information content (AvgIpc) is 2.34. The van der Waals surface area contributed by atoms with Crippen molar-refractivity contribution >= 4 is 0 Å². The van der Waals surface area contributed by atoms with E-state index in [1.807, 2.05) is 0 Å². The molecule has 1 nitrogen and oxygen atoms in total. The molecule has 0 aromatic heterocycles. The van der Waals surface area contributed by atoms with Crippen LogP contribution >= 0.6 is 0 Å². The van der Waals surface area contributed by atoms with Crippen LogP contribution in [0.15, 0.2) is 12.2 Å². The monoisotopic (exact) mass is 126 g/mol. The molecule has 0 N–H and O–H groups in total. The summed E-state index contributed by atoms with van der Waals surface area (Å²) in [5.41, 5.74) is 0. The summed E-state index contributed by atoms with van der Waals surface area (Å²) in [4.78, 5) is 0. The summed E-state index contributed by atoms with van der Waals surface area (Å²) in [5.74, 6) is 0. The molecule has 0 aromatic rings. The van der Waals surface area contributed by atoms with Gasteiger partial charge in [0.05, 0.1) is 12.2 Å². The molecule has 1 aliphatic heterocycles. The molecule has 9 heavy (non-hydrogen) atoms. The third kappa shape index (κ3) is 1.55. The lowest BCUT2D eigenvalue weighted by molar-refractivity contribution is 0.0570. The van der Waals surface area contributed by atoms with Crippen LogP contribution in [-0.4, -0.2) is 12.2 Å². The zero-order valence-corrected chi connectivity index (χ0v) is 6.13. The minimum Gasteiger partial charge on any atom is -0.367 e. The van der Waals surface area contributed by atoms with E-state index in [-0.39, 0.29) is 0 Å². The second kappa shape index (κ2) is 3.02. The minimum absolute atomic E-state index is 0.398. The van der Waals surface area contributed by atoms with Crippen molar-refractivity contribution in [1.82, 2.24) is 0 Å². The van der Waals surface area contributed by atoms with Crippen LogP contribution in [0.5, 0.6) is 0 Å². The molecule has 1 aliphatic rings. The van der Waals surface area contributed by atoms with E-state index in [2.05, 4.69) is 26.0 Å². The standard InChI is InChI=1S/C8H14O/c1-3-7-5-6-8(4-2)9-7/h5-8H,3-4H2,1-2H3/t7-,8+. The fourth-order valence-corrected chi connectivity index (χ4v) is 1.03. The van der Waals surface area contributed by atoms with Crippen molar-refractivity contribution in [3.63, 3.8) is 0 Å². The van der Waals surface area contributed by atoms with Gasteiger partial charge in [-0.1, -0.05) is 26.0 Å². The Bertz CT molecular complexity index is 95.1. The maximum Gasteiger partial charge on any atom is 0.0762 e. The molecule has 0 radical (unpaired) electrons. The number of hydrogen-bond acceptors (Lipinski definition) is 1. The van der Waals surface area contributed by atoms with Crippen LogP contribution in [0, 0.1) is 0 Å². The van der Waals surface area contributed by atoms with Gasteiger partial charge in [-0.2, -0.15) is 0 Å². The van der Waals surface area contributed by atoms with Crippen molar-refractivity contribution < 1.29 is 4.74 Å². The van der Waals surface area contributed by atoms with E-state index in [1.54, 1.807) is 0 Å². The third-order valence-electron chi connectivity index (χ3n) is 1.69. The van der Waals surface area contributed by atoms with Gasteiger partial charge >= 0.3 is 0 Å². The van der Waals surface area contributed by atoms with Crippen LogP contribution in [-0.2, 0) is 4.74 Å². The lowest BCUT2D eigenvalue weighted by atomic mass is 10.2. The topological polar surface area (TPSA) is 9.23 Å². The Morgan fingerprint density at radius 1 is 1.11 bits per heavy atom. The van der Waals surface area contributed by atoms with Crippen LogP contribution in [0.4, 0.5) is 0 Å². The summed E-state index contributed by atoms with van der Waals surface area (Å²) >= 11 is 0. The van der Waals surface area contributed by atoms with Gasteiger partial charge in [-0.3, -0.25) is 0 Å². The van der Waals surface area contributed by atoms with Crippen molar-refractivity contribution in [2.45, 2.75) is 38.9 Å². The van der Waals surface area contributed by atoms with Crippen molar-refractivity contribution in [3.05, 3.63) is 12.2 Å². The number of hydrogen-bond donors (Lipinski definition) is 0. The minimum atomic E-state index is 0.398. The van der Waals surface area contributed by atoms with Gasteiger partial charge in [-0.15, -0.1) is 0 Å². The highest BCUT2D eigenvalue weighted by molar-refractivity contribution is 5.00. The quantitative estimate of drug-likeness (QED) is 0.515. The molecule has 1 rings (SSSR count). The fraction of sp³-hybridized carbons (Fsp3) is 0.750. The highest BCUT2D eigenvalue weighted by Crippen LogP contribution is 2.15. The molecule has 0 aliphatic carbocycles. The first kappa shape index (κ1) is 6.81. The van der Waals surface area contributed by atoms with Gasteiger partial charge in [0, 0.05) is 0 Å². The van der Waals surface area contributed by atoms with Crippen LogP contribution in [0.2, 0.25) is 0 Å². The lowest BCUT2D eigenvalue weighted by Gasteiger charge is -2.09. The molecule has 52 valence electrons. The fourth-order valence-electron chi connectivity index (χ4n) is 1.03. The molecular weight excluding hydrogens is 112 g/mol. The Balaban J connectivity index is 2.31. The van der Waals surface area contributed by atoms with Gasteiger partial charge in [0.1, 0.15) is 0 Å². The average molecular weight is 126 g/mol. The molecule has 0 amide bonds. The summed E-state index contributed by atoms with van der Waals surface area (Å²) in [7, 11) is 0. The second-order valence-corrected chi connectivity index (χ2v) is 2.41. The molecule has 0 unspecified atom stereocenters. The van der Waals surface area contributed by atoms with E-state index in [1.165, 1.54) is 0 Å². The summed E-state index contributed by atoms with van der Waals surface area (Å²) in [5, 5.41) is 0. The zero-order chi connectivity index (χ0) is 6.69. The first-order chi connectivity index (χ1) is 4.36. The van der Waals surface area contributed by atoms with Gasteiger partial charge in [-0.25, -0.2) is 0 Å². The number of ether oxygens (including phenoxy) is 1. The van der Waals surface area contributed by atoms with Gasteiger partial charge in [0.2, 0.25) is 0 Å². The van der Waals surface area contributed by atoms with Crippen LogP contribution < -0.4 is 0 Å². The smallest absolute Gasteiger partial charge is 0.0762 e. The van der Waals surface area contributed by atoms with Gasteiger partial charge in [0.15, 0.2) is 0 Å². The third-order valence-corrected chi connectivity index (χ3v) is 1.69. The largest absolute Gasteiger partial charge is 0.367 e. The molecule has 0 spiro atoms. The molecule has 1 heterocycles. The van der Waals surface area contributed by atoms with Crippen LogP contribution in [0.25, 0.3) is 0 Å². The van der Waals surface area contributed by atoms with Crippen molar-refractivity contribution in [1.29, 1.82) is 0 Å². The Kier molecular flexibility index (Phi) is 2.29. The van der Waals surface area contributed by atoms with E-state index in [9.17, 15) is 0 Å². The maximum atomic E-state index is 5.55. The van der Waals surface area contributed by atoms with Crippen LogP contribution in [0.3, 0.4) is 0 Å².